The number of nitrogens with one attached hydrogen (secondary N) is 2. The Morgan fingerprint density at radius 2 is 1.83 bits per heavy atom. The van der Waals surface area contributed by atoms with E-state index < -0.39 is 0 Å². The van der Waals surface area contributed by atoms with Crippen molar-refractivity contribution in [3.63, 3.8) is 0 Å². The standard InChI is InChI=1S/C17H22N4O.2ClH/c1-3-15(13-19-12-14-5-9-18-10-6-14)11-16(4-1)22-17-20-7-2-8-21-17;;/h1-4,7-8,11,14,18-19H,5-6,9-10,12-13H2;2*1H. The van der Waals surface area contributed by atoms with E-state index in [-0.39, 0.29) is 24.8 Å². The van der Waals surface area contributed by atoms with Gasteiger partial charge in [0.2, 0.25) is 0 Å². The van der Waals surface area contributed by atoms with Gasteiger partial charge in [0.15, 0.2) is 0 Å². The molecule has 0 unspecified atom stereocenters. The fourth-order valence-electron chi connectivity index (χ4n) is 2.67. The molecule has 1 aliphatic heterocycles. The van der Waals surface area contributed by atoms with Gasteiger partial charge in [0, 0.05) is 18.9 Å². The van der Waals surface area contributed by atoms with Gasteiger partial charge in [-0.25, -0.2) is 9.97 Å². The van der Waals surface area contributed by atoms with E-state index >= 15 is 0 Å². The molecule has 0 radical (unpaired) electrons. The molecule has 1 aliphatic rings. The molecular weight excluding hydrogens is 347 g/mol. The molecule has 1 aromatic heterocycles. The van der Waals surface area contributed by atoms with Crippen molar-refractivity contribution >= 4 is 24.8 Å². The smallest absolute Gasteiger partial charge is 0.321 e. The summed E-state index contributed by atoms with van der Waals surface area (Å²) in [6, 6.07) is 10.2. The first-order valence-electron chi connectivity index (χ1n) is 7.85. The minimum Gasteiger partial charge on any atom is -0.424 e. The maximum atomic E-state index is 5.66. The highest BCUT2D eigenvalue weighted by Gasteiger charge is 2.12. The topological polar surface area (TPSA) is 59.1 Å². The van der Waals surface area contributed by atoms with Gasteiger partial charge < -0.3 is 15.4 Å². The Kier molecular flexibility index (Phi) is 9.64. The van der Waals surface area contributed by atoms with Crippen LogP contribution in [0.3, 0.4) is 0 Å². The summed E-state index contributed by atoms with van der Waals surface area (Å²) >= 11 is 0. The fraction of sp³-hybridized carbons (Fsp3) is 0.412. The summed E-state index contributed by atoms with van der Waals surface area (Å²) in [6.45, 7) is 4.23. The second kappa shape index (κ2) is 11.2. The molecule has 2 aromatic rings. The van der Waals surface area contributed by atoms with Crippen LogP contribution in [0.2, 0.25) is 0 Å². The molecule has 24 heavy (non-hydrogen) atoms. The van der Waals surface area contributed by atoms with Crippen LogP contribution in [0.1, 0.15) is 18.4 Å². The van der Waals surface area contributed by atoms with Crippen LogP contribution < -0.4 is 15.4 Å². The predicted molar refractivity (Wildman–Crippen MR) is 100 cm³/mol. The summed E-state index contributed by atoms with van der Waals surface area (Å²) in [6.07, 6.45) is 5.88. The predicted octanol–water partition coefficient (Wildman–Crippen LogP) is 3.20. The second-order valence-electron chi connectivity index (χ2n) is 5.61. The summed E-state index contributed by atoms with van der Waals surface area (Å²) in [5.41, 5.74) is 1.21. The van der Waals surface area contributed by atoms with E-state index in [1.165, 1.54) is 18.4 Å². The normalized spacial score (nSPS) is 14.3. The molecule has 2 N–H and O–H groups in total. The number of rotatable bonds is 6. The van der Waals surface area contributed by atoms with Crippen molar-refractivity contribution in [3.8, 4) is 11.8 Å². The van der Waals surface area contributed by atoms with E-state index in [1.54, 1.807) is 18.5 Å². The summed E-state index contributed by atoms with van der Waals surface area (Å²) in [4.78, 5) is 8.14. The Morgan fingerprint density at radius 1 is 1.08 bits per heavy atom. The summed E-state index contributed by atoms with van der Waals surface area (Å²) in [7, 11) is 0. The molecule has 0 bridgehead atoms. The zero-order valence-electron chi connectivity index (χ0n) is 13.5. The number of hydrogen-bond acceptors (Lipinski definition) is 5. The SMILES string of the molecule is Cl.Cl.c1cnc(Oc2cccc(CNCC3CCNCC3)c2)nc1. The van der Waals surface area contributed by atoms with Crippen LogP contribution in [-0.2, 0) is 6.54 Å². The number of ether oxygens (including phenoxy) is 1. The number of piperidine rings is 1. The maximum absolute atomic E-state index is 5.66. The van der Waals surface area contributed by atoms with Gasteiger partial charge in [-0.15, -0.1) is 24.8 Å². The molecule has 0 atom stereocenters. The molecule has 0 spiro atoms. The zero-order chi connectivity index (χ0) is 15.0. The lowest BCUT2D eigenvalue weighted by Gasteiger charge is -2.22. The first-order valence-corrected chi connectivity index (χ1v) is 7.85. The average Bonchev–Trinajstić information content (AvgIpc) is 2.57. The molecule has 1 fully saturated rings. The van der Waals surface area contributed by atoms with Crippen molar-refractivity contribution in [3.05, 3.63) is 48.3 Å². The minimum absolute atomic E-state index is 0. The van der Waals surface area contributed by atoms with Crippen molar-refractivity contribution in [2.24, 2.45) is 5.92 Å². The van der Waals surface area contributed by atoms with Crippen LogP contribution in [0.4, 0.5) is 0 Å². The molecule has 1 saturated heterocycles. The van der Waals surface area contributed by atoms with Crippen molar-refractivity contribution < 1.29 is 4.74 Å². The molecule has 0 saturated carbocycles. The van der Waals surface area contributed by atoms with Crippen LogP contribution in [-0.4, -0.2) is 29.6 Å². The molecule has 3 rings (SSSR count). The molecule has 7 heteroatoms. The van der Waals surface area contributed by atoms with Crippen LogP contribution in [0, 0.1) is 5.92 Å². The first kappa shape index (κ1) is 20.6. The van der Waals surface area contributed by atoms with Gasteiger partial charge in [-0.05, 0) is 62.2 Å². The van der Waals surface area contributed by atoms with Gasteiger partial charge in [0.25, 0.3) is 0 Å². The molecule has 132 valence electrons. The van der Waals surface area contributed by atoms with E-state index in [9.17, 15) is 0 Å². The van der Waals surface area contributed by atoms with Crippen molar-refractivity contribution in [1.29, 1.82) is 0 Å². The maximum Gasteiger partial charge on any atom is 0.321 e. The van der Waals surface area contributed by atoms with E-state index in [0.717, 1.165) is 37.8 Å². The Morgan fingerprint density at radius 3 is 2.58 bits per heavy atom. The lowest BCUT2D eigenvalue weighted by atomic mass is 9.98. The van der Waals surface area contributed by atoms with Gasteiger partial charge in [-0.1, -0.05) is 12.1 Å². The number of benzene rings is 1. The summed E-state index contributed by atoms with van der Waals surface area (Å²) < 4.78 is 5.66. The second-order valence-corrected chi connectivity index (χ2v) is 5.61. The van der Waals surface area contributed by atoms with Crippen molar-refractivity contribution in [1.82, 2.24) is 20.6 Å². The highest BCUT2D eigenvalue weighted by atomic mass is 35.5. The molecule has 2 heterocycles. The molecule has 0 aliphatic carbocycles. The number of aromatic nitrogens is 2. The van der Waals surface area contributed by atoms with E-state index in [4.69, 9.17) is 4.74 Å². The van der Waals surface area contributed by atoms with Gasteiger partial charge in [0.1, 0.15) is 5.75 Å². The van der Waals surface area contributed by atoms with Gasteiger partial charge in [-0.2, -0.15) is 0 Å². The molecular formula is C17H24Cl2N4O. The van der Waals surface area contributed by atoms with E-state index in [1.807, 2.05) is 18.2 Å². The Labute approximate surface area is 155 Å². The third kappa shape index (κ3) is 6.61. The van der Waals surface area contributed by atoms with Gasteiger partial charge in [-0.3, -0.25) is 0 Å². The highest BCUT2D eigenvalue weighted by Crippen LogP contribution is 2.18. The quantitative estimate of drug-likeness (QED) is 0.817. The van der Waals surface area contributed by atoms with Crippen LogP contribution in [0.5, 0.6) is 11.8 Å². The van der Waals surface area contributed by atoms with Crippen LogP contribution >= 0.6 is 24.8 Å². The lowest BCUT2D eigenvalue weighted by Crippen LogP contribution is -2.33. The Hall–Kier alpha value is -1.40. The third-order valence-electron chi connectivity index (χ3n) is 3.87. The van der Waals surface area contributed by atoms with Crippen molar-refractivity contribution in [2.75, 3.05) is 19.6 Å². The monoisotopic (exact) mass is 370 g/mol. The summed E-state index contributed by atoms with van der Waals surface area (Å²) in [5, 5.41) is 6.95. The first-order chi connectivity index (χ1) is 10.9. The fourth-order valence-corrected chi connectivity index (χ4v) is 2.67. The highest BCUT2D eigenvalue weighted by molar-refractivity contribution is 5.85. The third-order valence-corrected chi connectivity index (χ3v) is 3.87. The number of nitrogens with zero attached hydrogens (tertiary/aromatic N) is 2. The lowest BCUT2D eigenvalue weighted by molar-refractivity contribution is 0.356. The molecule has 5 nitrogen and oxygen atoms in total. The minimum atomic E-state index is 0. The van der Waals surface area contributed by atoms with Crippen LogP contribution in [0.25, 0.3) is 0 Å². The van der Waals surface area contributed by atoms with E-state index in [0.29, 0.717) is 6.01 Å². The Balaban J connectivity index is 0.00000144. The number of hydrogen-bond donors (Lipinski definition) is 2. The zero-order valence-corrected chi connectivity index (χ0v) is 15.1. The molecule has 1 aromatic carbocycles. The van der Waals surface area contributed by atoms with Gasteiger partial charge in [0.05, 0.1) is 0 Å². The largest absolute Gasteiger partial charge is 0.424 e. The van der Waals surface area contributed by atoms with Crippen LogP contribution in [0.15, 0.2) is 42.7 Å². The summed E-state index contributed by atoms with van der Waals surface area (Å²) in [5.74, 6) is 1.56. The van der Waals surface area contributed by atoms with Crippen molar-refractivity contribution in [2.45, 2.75) is 19.4 Å². The average molecular weight is 371 g/mol. The van der Waals surface area contributed by atoms with Gasteiger partial charge >= 0.3 is 6.01 Å². The number of halogens is 2. The molecule has 0 amide bonds. The Bertz CT molecular complexity index is 580. The van der Waals surface area contributed by atoms with E-state index in [2.05, 4.69) is 26.7 Å².